The summed E-state index contributed by atoms with van der Waals surface area (Å²) < 4.78 is 1.80. The van der Waals surface area contributed by atoms with E-state index in [1.165, 1.54) is 51.4 Å². The molecule has 1 heterocycles. The van der Waals surface area contributed by atoms with Crippen molar-refractivity contribution in [3.8, 4) is 0 Å². The summed E-state index contributed by atoms with van der Waals surface area (Å²) in [6.07, 6.45) is 17.0. The van der Waals surface area contributed by atoms with Gasteiger partial charge >= 0.3 is 0 Å². The Bertz CT molecular complexity index is 488. The molecule has 1 aromatic rings. The van der Waals surface area contributed by atoms with Crippen LogP contribution in [0.5, 0.6) is 0 Å². The van der Waals surface area contributed by atoms with Crippen LogP contribution in [0.3, 0.4) is 0 Å². The van der Waals surface area contributed by atoms with Gasteiger partial charge in [0.15, 0.2) is 0 Å². The van der Waals surface area contributed by atoms with Crippen molar-refractivity contribution in [1.82, 2.24) is 25.5 Å². The van der Waals surface area contributed by atoms with Gasteiger partial charge in [0.1, 0.15) is 6.33 Å². The van der Waals surface area contributed by atoms with Gasteiger partial charge in [-0.05, 0) is 41.5 Å². The molecule has 0 aliphatic heterocycles. The van der Waals surface area contributed by atoms with Crippen LogP contribution in [0.15, 0.2) is 6.33 Å². The topological polar surface area (TPSA) is 72.7 Å². The monoisotopic (exact) mass is 333 g/mol. The largest absolute Gasteiger partial charge is 0.353 e. The van der Waals surface area contributed by atoms with E-state index in [1.807, 2.05) is 0 Å². The number of aromatic nitrogens is 4. The molecule has 0 radical (unpaired) electrons. The van der Waals surface area contributed by atoms with E-state index >= 15 is 0 Å². The summed E-state index contributed by atoms with van der Waals surface area (Å²) in [5.74, 6) is 0.232. The van der Waals surface area contributed by atoms with Crippen LogP contribution in [-0.2, 0) is 11.3 Å². The third-order valence-electron chi connectivity index (χ3n) is 5.81. The average molecular weight is 333 g/mol. The minimum Gasteiger partial charge on any atom is -0.353 e. The van der Waals surface area contributed by atoms with E-state index in [9.17, 15) is 4.79 Å². The van der Waals surface area contributed by atoms with Crippen molar-refractivity contribution in [2.75, 3.05) is 0 Å². The molecule has 2 saturated carbocycles. The quantitative estimate of drug-likeness (QED) is 0.898. The highest BCUT2D eigenvalue weighted by Crippen LogP contribution is 2.40. The summed E-state index contributed by atoms with van der Waals surface area (Å²) in [5, 5.41) is 14.8. The van der Waals surface area contributed by atoms with Crippen molar-refractivity contribution < 1.29 is 4.79 Å². The van der Waals surface area contributed by atoms with Crippen LogP contribution in [0, 0.1) is 5.41 Å². The zero-order valence-electron chi connectivity index (χ0n) is 14.8. The third-order valence-corrected chi connectivity index (χ3v) is 5.81. The smallest absolute Gasteiger partial charge is 0.220 e. The van der Waals surface area contributed by atoms with E-state index in [-0.39, 0.29) is 11.3 Å². The highest BCUT2D eigenvalue weighted by atomic mass is 16.1. The van der Waals surface area contributed by atoms with Crippen LogP contribution in [-0.4, -0.2) is 32.2 Å². The lowest BCUT2D eigenvalue weighted by Gasteiger charge is -2.37. The molecular formula is C18H31N5O. The fourth-order valence-corrected chi connectivity index (χ4v) is 4.51. The van der Waals surface area contributed by atoms with E-state index in [0.717, 1.165) is 32.2 Å². The molecule has 1 aromatic heterocycles. The number of hydrogen-bond donors (Lipinski definition) is 1. The van der Waals surface area contributed by atoms with Gasteiger partial charge in [-0.1, -0.05) is 51.4 Å². The Kier molecular flexibility index (Phi) is 6.21. The molecular weight excluding hydrogens is 302 g/mol. The zero-order valence-corrected chi connectivity index (χ0v) is 14.8. The van der Waals surface area contributed by atoms with Gasteiger partial charge in [0, 0.05) is 12.5 Å². The van der Waals surface area contributed by atoms with Crippen molar-refractivity contribution >= 4 is 5.91 Å². The lowest BCUT2D eigenvalue weighted by molar-refractivity contribution is -0.125. The Labute approximate surface area is 144 Å². The molecule has 1 N–H and O–H groups in total. The molecule has 0 bridgehead atoms. The molecule has 1 amide bonds. The standard InChI is InChI=1S/C18H31N5O/c24-17(20-16-9-5-2-1-3-6-10-16)13-18(11-7-4-8-12-18)14-23-15-19-21-22-23/h15-16H,1-14H2,(H,20,24). The van der Waals surface area contributed by atoms with Crippen LogP contribution < -0.4 is 5.32 Å². The van der Waals surface area contributed by atoms with Crippen molar-refractivity contribution in [3.05, 3.63) is 6.33 Å². The lowest BCUT2D eigenvalue weighted by atomic mass is 9.71. The van der Waals surface area contributed by atoms with Gasteiger partial charge in [0.05, 0.1) is 6.54 Å². The van der Waals surface area contributed by atoms with Gasteiger partial charge in [0.25, 0.3) is 0 Å². The Balaban J connectivity index is 1.58. The normalized spacial score (nSPS) is 22.5. The molecule has 6 heteroatoms. The van der Waals surface area contributed by atoms with Gasteiger partial charge in [0.2, 0.25) is 5.91 Å². The summed E-state index contributed by atoms with van der Waals surface area (Å²) in [5.41, 5.74) is 0.0271. The number of nitrogens with zero attached hydrogens (tertiary/aromatic N) is 4. The molecule has 0 aromatic carbocycles. The van der Waals surface area contributed by atoms with Crippen LogP contribution >= 0.6 is 0 Å². The number of rotatable bonds is 5. The fraction of sp³-hybridized carbons (Fsp3) is 0.889. The Morgan fingerprint density at radius 3 is 2.38 bits per heavy atom. The maximum atomic E-state index is 12.7. The first-order valence-electron chi connectivity index (χ1n) is 9.76. The predicted octanol–water partition coefficient (Wildman–Crippen LogP) is 3.24. The van der Waals surface area contributed by atoms with E-state index in [0.29, 0.717) is 12.5 Å². The van der Waals surface area contributed by atoms with Crippen molar-refractivity contribution in [2.45, 2.75) is 96.1 Å². The van der Waals surface area contributed by atoms with Crippen LogP contribution in [0.2, 0.25) is 0 Å². The van der Waals surface area contributed by atoms with E-state index in [2.05, 4.69) is 20.8 Å². The Morgan fingerprint density at radius 2 is 1.71 bits per heavy atom. The van der Waals surface area contributed by atoms with Crippen molar-refractivity contribution in [3.63, 3.8) is 0 Å². The zero-order chi connectivity index (χ0) is 16.7. The van der Waals surface area contributed by atoms with Gasteiger partial charge in [-0.25, -0.2) is 4.68 Å². The first kappa shape index (κ1) is 17.4. The summed E-state index contributed by atoms with van der Waals surface area (Å²) in [7, 11) is 0. The Morgan fingerprint density at radius 1 is 1.04 bits per heavy atom. The van der Waals surface area contributed by atoms with Gasteiger partial charge in [-0.15, -0.1) is 5.10 Å². The second-order valence-electron chi connectivity index (χ2n) is 7.85. The number of carbonyl (C=O) groups excluding carboxylic acids is 1. The number of hydrogen-bond acceptors (Lipinski definition) is 4. The maximum Gasteiger partial charge on any atom is 0.220 e. The first-order chi connectivity index (χ1) is 11.8. The molecule has 0 unspecified atom stereocenters. The molecule has 0 spiro atoms. The predicted molar refractivity (Wildman–Crippen MR) is 92.2 cm³/mol. The van der Waals surface area contributed by atoms with Gasteiger partial charge in [-0.2, -0.15) is 0 Å². The second-order valence-corrected chi connectivity index (χ2v) is 7.85. The summed E-state index contributed by atoms with van der Waals surface area (Å²) >= 11 is 0. The van der Waals surface area contributed by atoms with Crippen molar-refractivity contribution in [1.29, 1.82) is 0 Å². The minimum atomic E-state index is 0.0271. The third kappa shape index (κ3) is 5.02. The van der Waals surface area contributed by atoms with E-state index in [4.69, 9.17) is 0 Å². The van der Waals surface area contributed by atoms with Crippen LogP contribution in [0.1, 0.15) is 83.5 Å². The molecule has 6 nitrogen and oxygen atoms in total. The number of carbonyl (C=O) groups is 1. The lowest BCUT2D eigenvalue weighted by Crippen LogP contribution is -2.41. The minimum absolute atomic E-state index is 0.0271. The summed E-state index contributed by atoms with van der Waals surface area (Å²) in [6.45, 7) is 0.762. The summed E-state index contributed by atoms with van der Waals surface area (Å²) in [6, 6.07) is 0.381. The first-order valence-corrected chi connectivity index (χ1v) is 9.76. The molecule has 2 aliphatic carbocycles. The van der Waals surface area contributed by atoms with Crippen LogP contribution in [0.25, 0.3) is 0 Å². The molecule has 134 valence electrons. The number of amides is 1. The number of tetrazole rings is 1. The maximum absolute atomic E-state index is 12.7. The molecule has 0 saturated heterocycles. The highest BCUT2D eigenvalue weighted by Gasteiger charge is 2.35. The summed E-state index contributed by atoms with van der Waals surface area (Å²) in [4.78, 5) is 12.7. The molecule has 3 rings (SSSR count). The molecule has 24 heavy (non-hydrogen) atoms. The van der Waals surface area contributed by atoms with Gasteiger partial charge in [-0.3, -0.25) is 4.79 Å². The SMILES string of the molecule is O=C(CC1(Cn2cnnn2)CCCCC1)NC1CCCCCCC1. The van der Waals surface area contributed by atoms with Gasteiger partial charge < -0.3 is 5.32 Å². The fourth-order valence-electron chi connectivity index (χ4n) is 4.51. The van der Waals surface area contributed by atoms with Crippen LogP contribution in [0.4, 0.5) is 0 Å². The van der Waals surface area contributed by atoms with E-state index < -0.39 is 0 Å². The Hall–Kier alpha value is -1.46. The molecule has 2 fully saturated rings. The number of nitrogens with one attached hydrogen (secondary N) is 1. The van der Waals surface area contributed by atoms with E-state index in [1.54, 1.807) is 11.0 Å². The molecule has 0 atom stereocenters. The highest BCUT2D eigenvalue weighted by molar-refractivity contribution is 5.77. The van der Waals surface area contributed by atoms with Crippen molar-refractivity contribution in [2.24, 2.45) is 5.41 Å². The molecule has 2 aliphatic rings. The second kappa shape index (κ2) is 8.58. The average Bonchev–Trinajstić information content (AvgIpc) is 3.03.